The average Bonchev–Trinajstić information content (AvgIpc) is 2.73. The molecule has 1 fully saturated rings. The summed E-state index contributed by atoms with van der Waals surface area (Å²) in [5, 5.41) is 69.7. The first-order valence-corrected chi connectivity index (χ1v) is 9.72. The van der Waals surface area contributed by atoms with Gasteiger partial charge in [0.2, 0.25) is 5.78 Å². The SMILES string of the molecule is C[C@@H]1O[C@H](O[C@H]2C(=O)c3c(O)cc(O)cc3O[C@H]2c2ccc(O)c(O)c2)[C@H](O)[C@H](O)[C@H]1O. The lowest BCUT2D eigenvalue weighted by atomic mass is 9.92. The molecule has 7 atom stereocenters. The third-order valence-corrected chi connectivity index (χ3v) is 5.52. The van der Waals surface area contributed by atoms with E-state index in [2.05, 4.69) is 0 Å². The fourth-order valence-corrected chi connectivity index (χ4v) is 3.77. The van der Waals surface area contributed by atoms with Crippen LogP contribution in [0, 0.1) is 0 Å². The van der Waals surface area contributed by atoms with Crippen LogP contribution >= 0.6 is 0 Å². The van der Waals surface area contributed by atoms with Gasteiger partial charge in [-0.1, -0.05) is 6.07 Å². The van der Waals surface area contributed by atoms with Gasteiger partial charge in [0.05, 0.1) is 6.10 Å². The van der Waals surface area contributed by atoms with E-state index in [0.717, 1.165) is 18.2 Å². The highest BCUT2D eigenvalue weighted by molar-refractivity contribution is 6.05. The predicted molar refractivity (Wildman–Crippen MR) is 104 cm³/mol. The van der Waals surface area contributed by atoms with Gasteiger partial charge in [-0.15, -0.1) is 0 Å². The van der Waals surface area contributed by atoms with Crippen molar-refractivity contribution in [2.75, 3.05) is 0 Å². The van der Waals surface area contributed by atoms with Crippen LogP contribution in [0.2, 0.25) is 0 Å². The third-order valence-electron chi connectivity index (χ3n) is 5.52. The Kier molecular flexibility index (Phi) is 5.61. The molecule has 172 valence electrons. The lowest BCUT2D eigenvalue weighted by molar-refractivity contribution is -0.304. The van der Waals surface area contributed by atoms with Crippen LogP contribution in [0.4, 0.5) is 0 Å². The second-order valence-corrected chi connectivity index (χ2v) is 7.73. The van der Waals surface area contributed by atoms with Gasteiger partial charge in [-0.3, -0.25) is 4.79 Å². The average molecular weight is 450 g/mol. The number of aliphatic hydroxyl groups is 3. The van der Waals surface area contributed by atoms with Crippen LogP contribution in [0.5, 0.6) is 28.7 Å². The van der Waals surface area contributed by atoms with Gasteiger partial charge < -0.3 is 50.0 Å². The van der Waals surface area contributed by atoms with Gasteiger partial charge >= 0.3 is 0 Å². The summed E-state index contributed by atoms with van der Waals surface area (Å²) in [6, 6.07) is 5.72. The van der Waals surface area contributed by atoms with Crippen molar-refractivity contribution < 1.29 is 54.8 Å². The van der Waals surface area contributed by atoms with Crippen molar-refractivity contribution in [2.24, 2.45) is 0 Å². The number of benzene rings is 2. The molecule has 11 heteroatoms. The Hall–Kier alpha value is -3.09. The molecule has 2 heterocycles. The molecule has 2 aliphatic rings. The number of fused-ring (bicyclic) bond motifs is 1. The zero-order valence-electron chi connectivity index (χ0n) is 16.7. The van der Waals surface area contributed by atoms with Crippen LogP contribution in [0.1, 0.15) is 28.9 Å². The maximum Gasteiger partial charge on any atom is 0.203 e. The number of phenolic OH excluding ortho intramolecular Hbond substituents is 4. The van der Waals surface area contributed by atoms with E-state index in [1.54, 1.807) is 0 Å². The van der Waals surface area contributed by atoms with Gasteiger partial charge in [-0.2, -0.15) is 0 Å². The van der Waals surface area contributed by atoms with Crippen molar-refractivity contribution in [3.8, 4) is 28.7 Å². The molecule has 0 aromatic heterocycles. The number of Topliss-reactive ketones (excluding diaryl/α,β-unsaturated/α-hetero) is 1. The summed E-state index contributed by atoms with van der Waals surface area (Å²) in [7, 11) is 0. The normalized spacial score (nSPS) is 32.2. The largest absolute Gasteiger partial charge is 0.508 e. The van der Waals surface area contributed by atoms with Crippen molar-refractivity contribution in [1.29, 1.82) is 0 Å². The number of carbonyl (C=O) groups excluding carboxylic acids is 1. The van der Waals surface area contributed by atoms with E-state index in [1.165, 1.54) is 19.1 Å². The summed E-state index contributed by atoms with van der Waals surface area (Å²) in [6.07, 6.45) is -10.0. The first-order valence-electron chi connectivity index (χ1n) is 9.72. The predicted octanol–water partition coefficient (Wildman–Crippen LogP) is 0.0381. The Bertz CT molecular complexity index is 1040. The third kappa shape index (κ3) is 3.70. The summed E-state index contributed by atoms with van der Waals surface area (Å²) in [5.41, 5.74) is -0.1000. The minimum absolute atomic E-state index is 0.154. The van der Waals surface area contributed by atoms with Crippen LogP contribution in [0.25, 0.3) is 0 Å². The zero-order chi connectivity index (χ0) is 23.3. The molecule has 0 saturated carbocycles. The van der Waals surface area contributed by atoms with Crippen molar-refractivity contribution in [3.05, 3.63) is 41.5 Å². The highest BCUT2D eigenvalue weighted by Crippen LogP contribution is 2.44. The molecule has 0 bridgehead atoms. The van der Waals surface area contributed by atoms with Crippen LogP contribution in [-0.2, 0) is 9.47 Å². The molecule has 2 aromatic carbocycles. The van der Waals surface area contributed by atoms with Crippen molar-refractivity contribution in [2.45, 2.75) is 49.8 Å². The maximum absolute atomic E-state index is 13.3. The minimum atomic E-state index is -1.71. The van der Waals surface area contributed by atoms with Crippen molar-refractivity contribution >= 4 is 5.78 Å². The number of rotatable bonds is 3. The molecular formula is C21H22O11. The summed E-state index contributed by atoms with van der Waals surface area (Å²) < 4.78 is 16.9. The van der Waals surface area contributed by atoms with Crippen LogP contribution in [0.15, 0.2) is 30.3 Å². The van der Waals surface area contributed by atoms with Crippen molar-refractivity contribution in [1.82, 2.24) is 0 Å². The first kappa shape index (κ1) is 22.1. The monoisotopic (exact) mass is 450 g/mol. The number of carbonyl (C=O) groups is 1. The molecule has 0 unspecified atom stereocenters. The van der Waals surface area contributed by atoms with Gasteiger partial charge in [0.1, 0.15) is 41.1 Å². The molecule has 2 aliphatic heterocycles. The minimum Gasteiger partial charge on any atom is -0.508 e. The van der Waals surface area contributed by atoms with E-state index in [9.17, 15) is 40.5 Å². The van der Waals surface area contributed by atoms with Gasteiger partial charge in [0.25, 0.3) is 0 Å². The van der Waals surface area contributed by atoms with Crippen molar-refractivity contribution in [3.63, 3.8) is 0 Å². The zero-order valence-corrected chi connectivity index (χ0v) is 16.7. The smallest absolute Gasteiger partial charge is 0.203 e. The molecule has 1 saturated heterocycles. The first-order chi connectivity index (χ1) is 15.1. The van der Waals surface area contributed by atoms with E-state index in [0.29, 0.717) is 0 Å². The molecule has 7 N–H and O–H groups in total. The maximum atomic E-state index is 13.3. The molecule has 2 aromatic rings. The van der Waals surface area contributed by atoms with Gasteiger partial charge in [-0.25, -0.2) is 0 Å². The van der Waals surface area contributed by atoms with Crippen LogP contribution in [0.3, 0.4) is 0 Å². The Morgan fingerprint density at radius 1 is 0.875 bits per heavy atom. The van der Waals surface area contributed by atoms with Gasteiger partial charge in [0, 0.05) is 12.1 Å². The molecule has 4 rings (SSSR count). The van der Waals surface area contributed by atoms with Crippen LogP contribution < -0.4 is 4.74 Å². The molecular weight excluding hydrogens is 428 g/mol. The molecule has 0 aliphatic carbocycles. The Balaban J connectivity index is 1.75. The number of ketones is 1. The Morgan fingerprint density at radius 3 is 2.28 bits per heavy atom. The van der Waals surface area contributed by atoms with E-state index in [-0.39, 0.29) is 22.6 Å². The standard InChI is InChI=1S/C21H22O11/c1-7-15(26)17(28)18(29)21(30-7)32-20-16(27)14-12(25)5-9(22)6-13(14)31-19(20)8-2-3-10(23)11(24)4-8/h2-7,15,17-26,28-29H,1H3/t7-,15-,17+,18+,19-,20-,21+/m0/s1. The molecule has 0 amide bonds. The van der Waals surface area contributed by atoms with E-state index in [1.807, 2.05) is 0 Å². The molecule has 32 heavy (non-hydrogen) atoms. The highest BCUT2D eigenvalue weighted by Gasteiger charge is 2.48. The number of hydrogen-bond donors (Lipinski definition) is 7. The van der Waals surface area contributed by atoms with Crippen LogP contribution in [-0.4, -0.2) is 78.3 Å². The topological polar surface area (TPSA) is 186 Å². The number of hydrogen-bond acceptors (Lipinski definition) is 11. The highest BCUT2D eigenvalue weighted by atomic mass is 16.7. The Labute approximate surface area is 181 Å². The number of ether oxygens (including phenoxy) is 3. The van der Waals surface area contributed by atoms with E-state index >= 15 is 0 Å². The summed E-state index contributed by atoms with van der Waals surface area (Å²) >= 11 is 0. The van der Waals surface area contributed by atoms with Gasteiger partial charge in [0.15, 0.2) is 30.0 Å². The quantitative estimate of drug-likeness (QED) is 0.313. The number of phenols is 4. The fourth-order valence-electron chi connectivity index (χ4n) is 3.77. The fraction of sp³-hybridized carbons (Fsp3) is 0.381. The number of aliphatic hydroxyl groups excluding tert-OH is 3. The summed E-state index contributed by atoms with van der Waals surface area (Å²) in [5.74, 6) is -2.79. The summed E-state index contributed by atoms with van der Waals surface area (Å²) in [6.45, 7) is 1.44. The second kappa shape index (κ2) is 8.11. The second-order valence-electron chi connectivity index (χ2n) is 7.73. The lowest BCUT2D eigenvalue weighted by Gasteiger charge is -2.42. The number of aromatic hydroxyl groups is 4. The molecule has 11 nitrogen and oxygen atoms in total. The molecule has 0 radical (unpaired) electrons. The van der Waals surface area contributed by atoms with E-state index in [4.69, 9.17) is 14.2 Å². The summed E-state index contributed by atoms with van der Waals surface area (Å²) in [4.78, 5) is 13.3. The molecule has 0 spiro atoms. The lowest BCUT2D eigenvalue weighted by Crippen LogP contribution is -2.59. The van der Waals surface area contributed by atoms with E-state index < -0.39 is 65.9 Å². The van der Waals surface area contributed by atoms with Gasteiger partial charge in [-0.05, 0) is 24.6 Å². The Morgan fingerprint density at radius 2 is 1.59 bits per heavy atom.